The van der Waals surface area contributed by atoms with E-state index in [9.17, 15) is 35.6 Å². The van der Waals surface area contributed by atoms with Gasteiger partial charge >= 0.3 is 6.18 Å². The summed E-state index contributed by atoms with van der Waals surface area (Å²) in [5.41, 5.74) is 4.01. The van der Waals surface area contributed by atoms with Crippen LogP contribution in [0.3, 0.4) is 0 Å². The number of carbonyl (C=O) groups is 1. The second-order valence-electron chi connectivity index (χ2n) is 17.5. The van der Waals surface area contributed by atoms with Crippen LogP contribution in [-0.2, 0) is 37.4 Å². The second kappa shape index (κ2) is 24.8. The number of aromatic nitrogens is 4. The van der Waals surface area contributed by atoms with Crippen molar-refractivity contribution >= 4 is 38.2 Å². The molecule has 23 heteroatoms. The molecule has 1 aliphatic heterocycles. The highest BCUT2D eigenvalue weighted by Gasteiger charge is 2.31. The first-order valence-electron chi connectivity index (χ1n) is 23.7. The summed E-state index contributed by atoms with van der Waals surface area (Å²) in [7, 11) is 0.656. The molecule has 74 heavy (non-hydrogen) atoms. The number of hydrogen-bond donors (Lipinski definition) is 3. The molecule has 1 aliphatic rings. The van der Waals surface area contributed by atoms with Gasteiger partial charge in [-0.25, -0.2) is 17.8 Å². The van der Waals surface area contributed by atoms with Crippen LogP contribution in [0.2, 0.25) is 0 Å². The molecule has 7 rings (SSSR count). The molecule has 1 unspecified atom stereocenters. The zero-order chi connectivity index (χ0) is 53.0. The lowest BCUT2D eigenvalue weighted by atomic mass is 10.0. The third kappa shape index (κ3) is 14.4. The standard InChI is InChI=1S/C51H59F4N9O9S/c1-34-50(35(2)73-60-34)36-14-17-49(66)63(29-36)30-37-9-6-13-48(58-37)72-32-47(65)57-20-23-70-25-26-71-24-22-62(4)74(67,68)39-15-16-44(46(28-39)69-5)56-19-8-10-38-27-40-42(59-43-18-21-61(3)31-41(43)52)11-7-12-45(40)64(38)33-51(53,54)55/h6-7,9,11-17,27-29,41,43,56,59H,18-26,30-33H2,1-5H3,(H,57,65)/t41-,43?/m0/s1. The van der Waals surface area contributed by atoms with Gasteiger partial charge in [0.25, 0.3) is 11.5 Å². The molecule has 2 atom stereocenters. The van der Waals surface area contributed by atoms with Crippen LogP contribution >= 0.6 is 0 Å². The smallest absolute Gasteiger partial charge is 0.406 e. The van der Waals surface area contributed by atoms with E-state index in [1.807, 2.05) is 18.9 Å². The largest absolute Gasteiger partial charge is 0.495 e. The van der Waals surface area contributed by atoms with E-state index in [0.29, 0.717) is 52.4 Å². The van der Waals surface area contributed by atoms with Crippen LogP contribution in [0.4, 0.5) is 28.9 Å². The third-order valence-corrected chi connectivity index (χ3v) is 13.9. The number of ether oxygens (including phenoxy) is 4. The Morgan fingerprint density at radius 1 is 1.00 bits per heavy atom. The minimum atomic E-state index is -4.53. The molecule has 0 saturated carbocycles. The fourth-order valence-corrected chi connectivity index (χ4v) is 9.47. The van der Waals surface area contributed by atoms with Gasteiger partial charge in [0, 0.05) is 79.8 Å². The monoisotopic (exact) mass is 1050 g/mol. The molecule has 0 radical (unpaired) electrons. The molecule has 0 spiro atoms. The molecule has 0 aliphatic carbocycles. The zero-order valence-corrected chi connectivity index (χ0v) is 42.4. The number of aryl methyl sites for hydroxylation is 2. The number of fused-ring (bicyclic) bond motifs is 1. The van der Waals surface area contributed by atoms with E-state index in [1.165, 1.54) is 43.0 Å². The van der Waals surface area contributed by atoms with Crippen molar-refractivity contribution in [1.29, 1.82) is 0 Å². The number of alkyl halides is 4. The van der Waals surface area contributed by atoms with Crippen molar-refractivity contribution in [3.8, 4) is 34.6 Å². The van der Waals surface area contributed by atoms with Crippen molar-refractivity contribution in [3.63, 3.8) is 0 Å². The summed E-state index contributed by atoms with van der Waals surface area (Å²) in [6.45, 7) is 4.01. The summed E-state index contributed by atoms with van der Waals surface area (Å²) in [6, 6.07) is 18.5. The van der Waals surface area contributed by atoms with Crippen LogP contribution in [0.1, 0.15) is 29.3 Å². The molecular weight excluding hydrogens is 991 g/mol. The van der Waals surface area contributed by atoms with Crippen molar-refractivity contribution in [2.75, 3.05) is 97.6 Å². The SMILES string of the molecule is COc1cc(S(=O)(=O)N(C)CCOCCOCCNC(=O)COc2cccc(Cn3cc(-c4c(C)noc4C)ccc3=O)n2)ccc1NCC#Cc1cc2c(NC3CCN(C)C[C@@H]3F)cccc2n1CC(F)(F)F. The van der Waals surface area contributed by atoms with Gasteiger partial charge in [0.05, 0.1) is 85.9 Å². The van der Waals surface area contributed by atoms with Crippen molar-refractivity contribution in [2.24, 2.45) is 0 Å². The lowest BCUT2D eigenvalue weighted by Crippen LogP contribution is -2.46. The molecule has 1 amide bonds. The summed E-state index contributed by atoms with van der Waals surface area (Å²) in [4.78, 5) is 31.4. The molecule has 6 aromatic rings. The Kier molecular flexibility index (Phi) is 18.4. The lowest BCUT2D eigenvalue weighted by Gasteiger charge is -2.33. The number of nitrogens with zero attached hydrogens (tertiary/aromatic N) is 6. The number of nitrogens with one attached hydrogen (secondary N) is 3. The van der Waals surface area contributed by atoms with Gasteiger partial charge in [0.15, 0.2) is 6.61 Å². The minimum Gasteiger partial charge on any atom is -0.495 e. The summed E-state index contributed by atoms with van der Waals surface area (Å²) < 4.78 is 114. The Balaban J connectivity index is 0.811. The summed E-state index contributed by atoms with van der Waals surface area (Å²) in [5, 5.41) is 13.4. The average Bonchev–Trinajstić information content (AvgIpc) is 3.89. The Hall–Kier alpha value is -6.97. The van der Waals surface area contributed by atoms with Crippen molar-refractivity contribution in [2.45, 2.75) is 56.6 Å². The second-order valence-corrected chi connectivity index (χ2v) is 19.6. The Morgan fingerprint density at radius 2 is 1.78 bits per heavy atom. The van der Waals surface area contributed by atoms with E-state index in [2.05, 4.69) is 37.9 Å². The van der Waals surface area contributed by atoms with E-state index in [4.69, 9.17) is 23.5 Å². The van der Waals surface area contributed by atoms with Gasteiger partial charge in [0.1, 0.15) is 24.2 Å². The van der Waals surface area contributed by atoms with Gasteiger partial charge in [-0.2, -0.15) is 17.5 Å². The minimum absolute atomic E-state index is 0.0184. The number of sulfonamides is 1. The summed E-state index contributed by atoms with van der Waals surface area (Å²) >= 11 is 0. The number of anilines is 2. The Labute approximate surface area is 425 Å². The zero-order valence-electron chi connectivity index (χ0n) is 41.6. The third-order valence-electron chi connectivity index (χ3n) is 12.1. The Bertz CT molecular complexity index is 3110. The van der Waals surface area contributed by atoms with Crippen molar-refractivity contribution < 1.29 is 54.2 Å². The van der Waals surface area contributed by atoms with Crippen LogP contribution in [0.25, 0.3) is 22.0 Å². The number of amides is 1. The van der Waals surface area contributed by atoms with Gasteiger partial charge in [0.2, 0.25) is 15.9 Å². The molecule has 0 bridgehead atoms. The number of halogens is 4. The number of hydrogen-bond acceptors (Lipinski definition) is 14. The fourth-order valence-electron chi connectivity index (χ4n) is 8.30. The van der Waals surface area contributed by atoms with E-state index in [0.717, 1.165) is 20.0 Å². The maximum atomic E-state index is 14.9. The molecule has 396 valence electrons. The van der Waals surface area contributed by atoms with Gasteiger partial charge in [-0.3, -0.25) is 9.59 Å². The maximum absolute atomic E-state index is 14.9. The molecule has 4 aromatic heterocycles. The molecule has 1 fully saturated rings. The molecule has 2 aromatic carbocycles. The number of rotatable bonds is 23. The van der Waals surface area contributed by atoms with E-state index in [-0.39, 0.29) is 93.5 Å². The molecule has 18 nitrogen and oxygen atoms in total. The first-order valence-corrected chi connectivity index (χ1v) is 25.1. The number of likely N-dealkylation sites (tertiary alicyclic amines) is 1. The average molecular weight is 1050 g/mol. The van der Waals surface area contributed by atoms with Crippen LogP contribution in [-0.4, -0.2) is 148 Å². The van der Waals surface area contributed by atoms with Crippen LogP contribution in [0.15, 0.2) is 93.2 Å². The lowest BCUT2D eigenvalue weighted by molar-refractivity contribution is -0.140. The quantitative estimate of drug-likeness (QED) is 0.0393. The topological polar surface area (TPSA) is 197 Å². The highest BCUT2D eigenvalue weighted by molar-refractivity contribution is 7.89. The van der Waals surface area contributed by atoms with Gasteiger partial charge in [-0.15, -0.1) is 0 Å². The maximum Gasteiger partial charge on any atom is 0.406 e. The molecular formula is C51H59F4N9O9S. The van der Waals surface area contributed by atoms with Crippen LogP contribution in [0, 0.1) is 25.7 Å². The van der Waals surface area contributed by atoms with E-state index >= 15 is 0 Å². The predicted octanol–water partition coefficient (Wildman–Crippen LogP) is 5.86. The number of piperidine rings is 1. The first-order chi connectivity index (χ1) is 35.4. The highest BCUT2D eigenvalue weighted by Crippen LogP contribution is 2.33. The predicted molar refractivity (Wildman–Crippen MR) is 270 cm³/mol. The van der Waals surface area contributed by atoms with Crippen molar-refractivity contribution in [1.82, 2.24) is 33.8 Å². The number of benzene rings is 2. The van der Waals surface area contributed by atoms with Gasteiger partial charge in [-0.1, -0.05) is 23.2 Å². The van der Waals surface area contributed by atoms with E-state index in [1.54, 1.807) is 61.7 Å². The number of carbonyl (C=O) groups excluding carboxylic acids is 1. The van der Waals surface area contributed by atoms with Gasteiger partial charge in [-0.05, 0) is 75.7 Å². The van der Waals surface area contributed by atoms with Crippen LogP contribution < -0.4 is 31.0 Å². The normalized spacial score (nSPS) is 15.2. The number of likely N-dealkylation sites (N-methyl/N-ethyl adjacent to an activating group) is 1. The number of pyridine rings is 2. The molecule has 3 N–H and O–H groups in total. The molecule has 1 saturated heterocycles. The number of methoxy groups -OCH3 is 1. The first kappa shape index (κ1) is 54.8. The Morgan fingerprint density at radius 3 is 2.53 bits per heavy atom. The van der Waals surface area contributed by atoms with E-state index < -0.39 is 40.9 Å². The van der Waals surface area contributed by atoms with Gasteiger partial charge < -0.3 is 53.5 Å². The summed E-state index contributed by atoms with van der Waals surface area (Å²) in [5.74, 6) is 6.38. The van der Waals surface area contributed by atoms with Crippen molar-refractivity contribution in [3.05, 3.63) is 112 Å². The van der Waals surface area contributed by atoms with Crippen LogP contribution in [0.5, 0.6) is 11.6 Å². The highest BCUT2D eigenvalue weighted by atomic mass is 32.2. The molecule has 5 heterocycles. The fraction of sp³-hybridized carbons (Fsp3) is 0.412. The summed E-state index contributed by atoms with van der Waals surface area (Å²) in [6.07, 6.45) is -3.42.